The van der Waals surface area contributed by atoms with Crippen molar-refractivity contribution in [2.45, 2.75) is 51.6 Å². The molecule has 1 saturated heterocycles. The van der Waals surface area contributed by atoms with Gasteiger partial charge in [-0.3, -0.25) is 0 Å². The first kappa shape index (κ1) is 16.1. The highest BCUT2D eigenvalue weighted by molar-refractivity contribution is 9.10. The number of pyridine rings is 1. The van der Waals surface area contributed by atoms with Gasteiger partial charge in [-0.1, -0.05) is 11.6 Å². The SMILES string of the molecule is CC(C)(C)NCC1CCCCN1c1ncc(Cl)cc1Br. The fraction of sp³-hybridized carbons (Fsp3) is 0.667. The smallest absolute Gasteiger partial charge is 0.143 e. The summed E-state index contributed by atoms with van der Waals surface area (Å²) in [6.45, 7) is 8.66. The number of hydrogen-bond acceptors (Lipinski definition) is 3. The van der Waals surface area contributed by atoms with E-state index in [1.165, 1.54) is 19.3 Å². The molecule has 2 heterocycles. The first-order valence-electron chi connectivity index (χ1n) is 7.19. The Kier molecular flexibility index (Phi) is 5.32. The van der Waals surface area contributed by atoms with Gasteiger partial charge in [-0.15, -0.1) is 0 Å². The van der Waals surface area contributed by atoms with E-state index in [-0.39, 0.29) is 5.54 Å². The molecule has 1 atom stereocenters. The fourth-order valence-corrected chi connectivity index (χ4v) is 3.40. The third-order valence-corrected chi connectivity index (χ3v) is 4.35. The van der Waals surface area contributed by atoms with Gasteiger partial charge in [0, 0.05) is 30.9 Å². The molecule has 1 aliphatic heterocycles. The summed E-state index contributed by atoms with van der Waals surface area (Å²) in [7, 11) is 0. The summed E-state index contributed by atoms with van der Waals surface area (Å²) in [6.07, 6.45) is 5.45. The molecule has 1 N–H and O–H groups in total. The van der Waals surface area contributed by atoms with Gasteiger partial charge >= 0.3 is 0 Å². The van der Waals surface area contributed by atoms with Crippen molar-refractivity contribution in [1.82, 2.24) is 10.3 Å². The first-order chi connectivity index (χ1) is 9.37. The third kappa shape index (κ3) is 4.34. The van der Waals surface area contributed by atoms with Crippen LogP contribution in [0.1, 0.15) is 40.0 Å². The monoisotopic (exact) mass is 359 g/mol. The highest BCUT2D eigenvalue weighted by Crippen LogP contribution is 2.31. The molecule has 1 unspecified atom stereocenters. The van der Waals surface area contributed by atoms with Crippen LogP contribution in [-0.4, -0.2) is 29.7 Å². The molecular formula is C15H23BrClN3. The molecule has 2 rings (SSSR count). The van der Waals surface area contributed by atoms with Gasteiger partial charge in [0.15, 0.2) is 0 Å². The molecular weight excluding hydrogens is 338 g/mol. The highest BCUT2D eigenvalue weighted by atomic mass is 79.9. The molecule has 0 amide bonds. The fourth-order valence-electron chi connectivity index (χ4n) is 2.53. The van der Waals surface area contributed by atoms with Gasteiger partial charge in [-0.25, -0.2) is 4.98 Å². The Morgan fingerprint density at radius 2 is 2.20 bits per heavy atom. The van der Waals surface area contributed by atoms with E-state index in [2.05, 4.69) is 51.9 Å². The summed E-state index contributed by atoms with van der Waals surface area (Å²) in [5, 5.41) is 4.28. The molecule has 0 spiro atoms. The van der Waals surface area contributed by atoms with Crippen molar-refractivity contribution in [2.75, 3.05) is 18.0 Å². The molecule has 20 heavy (non-hydrogen) atoms. The minimum Gasteiger partial charge on any atom is -0.351 e. The molecule has 0 aromatic carbocycles. The van der Waals surface area contributed by atoms with Crippen LogP contribution in [0.4, 0.5) is 5.82 Å². The van der Waals surface area contributed by atoms with Crippen LogP contribution >= 0.6 is 27.5 Å². The van der Waals surface area contributed by atoms with Gasteiger partial charge in [0.2, 0.25) is 0 Å². The number of piperidine rings is 1. The molecule has 112 valence electrons. The van der Waals surface area contributed by atoms with Crippen molar-refractivity contribution in [3.63, 3.8) is 0 Å². The molecule has 0 radical (unpaired) electrons. The van der Waals surface area contributed by atoms with E-state index in [1.54, 1.807) is 6.20 Å². The molecule has 0 bridgehead atoms. The Labute approximate surface area is 135 Å². The van der Waals surface area contributed by atoms with Gasteiger partial charge in [-0.2, -0.15) is 0 Å². The van der Waals surface area contributed by atoms with E-state index in [0.29, 0.717) is 11.1 Å². The van der Waals surface area contributed by atoms with Crippen molar-refractivity contribution < 1.29 is 0 Å². The zero-order valence-corrected chi connectivity index (χ0v) is 14.8. The van der Waals surface area contributed by atoms with Crippen LogP contribution in [0.5, 0.6) is 0 Å². The number of nitrogens with zero attached hydrogens (tertiary/aromatic N) is 2. The zero-order valence-electron chi connectivity index (χ0n) is 12.4. The van der Waals surface area contributed by atoms with Gasteiger partial charge in [-0.05, 0) is 62.0 Å². The summed E-state index contributed by atoms with van der Waals surface area (Å²) >= 11 is 9.58. The molecule has 5 heteroatoms. The Bertz CT molecular complexity index is 459. The summed E-state index contributed by atoms with van der Waals surface area (Å²) in [5.74, 6) is 1.01. The van der Waals surface area contributed by atoms with Gasteiger partial charge in [0.1, 0.15) is 5.82 Å². The average molecular weight is 361 g/mol. The van der Waals surface area contributed by atoms with Crippen LogP contribution in [0.2, 0.25) is 5.02 Å². The van der Waals surface area contributed by atoms with E-state index in [0.717, 1.165) is 23.4 Å². The molecule has 1 aliphatic rings. The largest absolute Gasteiger partial charge is 0.351 e. The highest BCUT2D eigenvalue weighted by Gasteiger charge is 2.26. The van der Waals surface area contributed by atoms with Crippen molar-refractivity contribution >= 4 is 33.3 Å². The normalized spacial score (nSPS) is 20.2. The van der Waals surface area contributed by atoms with Gasteiger partial charge < -0.3 is 10.2 Å². The van der Waals surface area contributed by atoms with Crippen molar-refractivity contribution in [3.8, 4) is 0 Å². The lowest BCUT2D eigenvalue weighted by atomic mass is 10.0. The van der Waals surface area contributed by atoms with Gasteiger partial charge in [0.25, 0.3) is 0 Å². The predicted molar refractivity (Wildman–Crippen MR) is 89.7 cm³/mol. The second-order valence-electron chi connectivity index (χ2n) is 6.43. The van der Waals surface area contributed by atoms with E-state index >= 15 is 0 Å². The van der Waals surface area contributed by atoms with Crippen LogP contribution in [0.25, 0.3) is 0 Å². The molecule has 1 fully saturated rings. The number of rotatable bonds is 3. The molecule has 1 aromatic rings. The molecule has 3 nitrogen and oxygen atoms in total. The Morgan fingerprint density at radius 1 is 1.45 bits per heavy atom. The van der Waals surface area contributed by atoms with Crippen LogP contribution in [0, 0.1) is 0 Å². The quantitative estimate of drug-likeness (QED) is 0.873. The Balaban J connectivity index is 2.14. The number of nitrogens with one attached hydrogen (secondary N) is 1. The Hall–Kier alpha value is -0.320. The third-order valence-electron chi connectivity index (χ3n) is 3.56. The van der Waals surface area contributed by atoms with Gasteiger partial charge in [0.05, 0.1) is 9.50 Å². The van der Waals surface area contributed by atoms with Crippen molar-refractivity contribution in [1.29, 1.82) is 0 Å². The summed E-state index contributed by atoms with van der Waals surface area (Å²) in [4.78, 5) is 6.92. The number of anilines is 1. The van der Waals surface area contributed by atoms with E-state index in [1.807, 2.05) is 6.07 Å². The van der Waals surface area contributed by atoms with E-state index in [9.17, 15) is 0 Å². The molecule has 0 aliphatic carbocycles. The topological polar surface area (TPSA) is 28.2 Å². The Morgan fingerprint density at radius 3 is 2.85 bits per heavy atom. The van der Waals surface area contributed by atoms with E-state index in [4.69, 9.17) is 11.6 Å². The lowest BCUT2D eigenvalue weighted by Gasteiger charge is -2.38. The van der Waals surface area contributed by atoms with E-state index < -0.39 is 0 Å². The summed E-state index contributed by atoms with van der Waals surface area (Å²) in [5.41, 5.74) is 0.147. The number of hydrogen-bond donors (Lipinski definition) is 1. The van der Waals surface area contributed by atoms with Crippen LogP contribution in [0.3, 0.4) is 0 Å². The summed E-state index contributed by atoms with van der Waals surface area (Å²) < 4.78 is 0.979. The predicted octanol–water partition coefficient (Wildman–Crippen LogP) is 4.24. The van der Waals surface area contributed by atoms with Crippen molar-refractivity contribution in [3.05, 3.63) is 21.8 Å². The minimum absolute atomic E-state index is 0.147. The van der Waals surface area contributed by atoms with Crippen LogP contribution in [-0.2, 0) is 0 Å². The second kappa shape index (κ2) is 6.63. The maximum atomic E-state index is 5.99. The van der Waals surface area contributed by atoms with Crippen LogP contribution in [0.15, 0.2) is 16.7 Å². The standard InChI is InChI=1S/C15H23BrClN3/c1-15(2,3)19-10-12-6-4-5-7-20(12)14-13(16)8-11(17)9-18-14/h8-9,12,19H,4-7,10H2,1-3H3. The maximum Gasteiger partial charge on any atom is 0.143 e. The zero-order chi connectivity index (χ0) is 14.8. The number of aromatic nitrogens is 1. The second-order valence-corrected chi connectivity index (χ2v) is 7.72. The lowest BCUT2D eigenvalue weighted by Crippen LogP contribution is -2.50. The average Bonchev–Trinajstić information content (AvgIpc) is 2.36. The molecule has 1 aromatic heterocycles. The minimum atomic E-state index is 0.147. The lowest BCUT2D eigenvalue weighted by molar-refractivity contribution is 0.365. The van der Waals surface area contributed by atoms with Crippen molar-refractivity contribution in [2.24, 2.45) is 0 Å². The van der Waals surface area contributed by atoms with Crippen LogP contribution < -0.4 is 10.2 Å². The molecule has 0 saturated carbocycles. The first-order valence-corrected chi connectivity index (χ1v) is 8.36. The maximum absolute atomic E-state index is 5.99. The number of halogens is 2. The summed E-state index contributed by atoms with van der Waals surface area (Å²) in [6, 6.07) is 2.42.